The van der Waals surface area contributed by atoms with E-state index < -0.39 is 0 Å². The van der Waals surface area contributed by atoms with Crippen molar-refractivity contribution in [2.24, 2.45) is 5.92 Å². The van der Waals surface area contributed by atoms with Crippen molar-refractivity contribution in [3.05, 3.63) is 66.5 Å². The number of rotatable bonds is 1. The van der Waals surface area contributed by atoms with Crippen LogP contribution >= 0.6 is 0 Å². The quantitative estimate of drug-likeness (QED) is 0.719. The van der Waals surface area contributed by atoms with Crippen molar-refractivity contribution in [1.29, 1.82) is 0 Å². The van der Waals surface area contributed by atoms with Gasteiger partial charge in [-0.05, 0) is 34.1 Å². The molecule has 2 aromatic carbocycles. The first kappa shape index (κ1) is 16.6. The summed E-state index contributed by atoms with van der Waals surface area (Å²) in [6, 6.07) is 17.5. The maximum absolute atomic E-state index is 2.37. The van der Waals surface area contributed by atoms with Crippen molar-refractivity contribution in [2.45, 2.75) is 26.2 Å². The molecule has 0 bridgehead atoms. The summed E-state index contributed by atoms with van der Waals surface area (Å²) in [6.07, 6.45) is 4.35. The summed E-state index contributed by atoms with van der Waals surface area (Å²) in [5, 5.41) is 0. The molecule has 1 aliphatic rings. The third kappa shape index (κ3) is 3.06. The van der Waals surface area contributed by atoms with Crippen LogP contribution < -0.4 is 4.90 Å². The molecule has 0 N–H and O–H groups in total. The summed E-state index contributed by atoms with van der Waals surface area (Å²) in [5.74, 6) is 0.556. The number of hydrogen-bond donors (Lipinski definition) is 0. The molecule has 0 radical (unpaired) electrons. The van der Waals surface area contributed by atoms with E-state index in [4.69, 9.17) is 0 Å². The first-order valence-corrected chi connectivity index (χ1v) is 8.71. The van der Waals surface area contributed by atoms with Crippen molar-refractivity contribution >= 4 is 5.69 Å². The van der Waals surface area contributed by atoms with Gasteiger partial charge in [0.15, 0.2) is 0 Å². The topological polar surface area (TPSA) is 6.48 Å². The van der Waals surface area contributed by atoms with E-state index in [1.807, 2.05) is 0 Å². The molecule has 0 spiro atoms. The van der Waals surface area contributed by atoms with Gasteiger partial charge in [-0.1, -0.05) is 63.2 Å². The van der Waals surface area contributed by atoms with Gasteiger partial charge in [0.1, 0.15) is 0 Å². The summed E-state index contributed by atoms with van der Waals surface area (Å²) >= 11 is 0. The van der Waals surface area contributed by atoms with Crippen LogP contribution in [0.2, 0.25) is 0 Å². The zero-order chi connectivity index (χ0) is 17.3. The summed E-state index contributed by atoms with van der Waals surface area (Å²) in [6.45, 7) is 8.14. The van der Waals surface area contributed by atoms with Crippen molar-refractivity contribution in [2.75, 3.05) is 25.5 Å². The normalized spacial score (nSPS) is 21.5. The molecule has 0 saturated heterocycles. The van der Waals surface area contributed by atoms with Crippen LogP contribution in [0.5, 0.6) is 0 Å². The Balaban J connectivity index is 2.15. The van der Waals surface area contributed by atoms with E-state index in [0.717, 1.165) is 6.54 Å². The standard InChI is InChI=1S/C22H28N2/c1-17-16-23(4)13-14-24(5)21-15-19(18-9-7-6-8-10-18)11-12-20(21)22(17,2)3/h6-15,17H,16H2,1-5H3/b14-13-/t17-/m0/s1. The van der Waals surface area contributed by atoms with E-state index in [1.54, 1.807) is 0 Å². The predicted octanol–water partition coefficient (Wildman–Crippen LogP) is 5.12. The Labute approximate surface area is 146 Å². The minimum atomic E-state index is 0.110. The van der Waals surface area contributed by atoms with Crippen LogP contribution in [-0.4, -0.2) is 25.5 Å². The Kier molecular flexibility index (Phi) is 4.40. The monoisotopic (exact) mass is 320 g/mol. The second-order valence-electron chi connectivity index (χ2n) is 7.57. The molecule has 2 heteroatoms. The summed E-state index contributed by atoms with van der Waals surface area (Å²) in [5.41, 5.74) is 5.35. The number of anilines is 1. The Morgan fingerprint density at radius 3 is 2.33 bits per heavy atom. The van der Waals surface area contributed by atoms with E-state index in [9.17, 15) is 0 Å². The van der Waals surface area contributed by atoms with Crippen LogP contribution in [0.25, 0.3) is 11.1 Å². The Hall–Kier alpha value is -2.22. The number of nitrogens with zero attached hydrogens (tertiary/aromatic N) is 2. The van der Waals surface area contributed by atoms with Gasteiger partial charge in [-0.25, -0.2) is 0 Å². The molecular formula is C22H28N2. The molecule has 0 aromatic heterocycles. The lowest BCUT2D eigenvalue weighted by Gasteiger charge is -2.36. The zero-order valence-electron chi connectivity index (χ0n) is 15.5. The van der Waals surface area contributed by atoms with E-state index in [1.165, 1.54) is 22.4 Å². The number of hydrogen-bond acceptors (Lipinski definition) is 2. The van der Waals surface area contributed by atoms with Gasteiger partial charge < -0.3 is 9.80 Å². The Morgan fingerprint density at radius 1 is 0.917 bits per heavy atom. The number of benzene rings is 2. The molecular weight excluding hydrogens is 292 g/mol. The maximum Gasteiger partial charge on any atom is 0.0448 e. The first-order chi connectivity index (χ1) is 11.4. The van der Waals surface area contributed by atoms with E-state index in [0.29, 0.717) is 5.92 Å². The van der Waals surface area contributed by atoms with Gasteiger partial charge in [0.25, 0.3) is 0 Å². The van der Waals surface area contributed by atoms with Gasteiger partial charge >= 0.3 is 0 Å². The van der Waals surface area contributed by atoms with Crippen LogP contribution in [-0.2, 0) is 5.41 Å². The molecule has 24 heavy (non-hydrogen) atoms. The highest BCUT2D eigenvalue weighted by Gasteiger charge is 2.32. The van der Waals surface area contributed by atoms with Gasteiger partial charge in [-0.15, -0.1) is 0 Å². The molecule has 2 nitrogen and oxygen atoms in total. The lowest BCUT2D eigenvalue weighted by atomic mass is 9.73. The van der Waals surface area contributed by atoms with E-state index >= 15 is 0 Å². The molecule has 0 unspecified atom stereocenters. The molecule has 0 fully saturated rings. The van der Waals surface area contributed by atoms with E-state index in [-0.39, 0.29) is 5.41 Å². The van der Waals surface area contributed by atoms with Gasteiger partial charge in [0.2, 0.25) is 0 Å². The van der Waals surface area contributed by atoms with Crippen LogP contribution in [0.1, 0.15) is 26.3 Å². The average molecular weight is 320 g/mol. The van der Waals surface area contributed by atoms with Crippen LogP contribution in [0.15, 0.2) is 60.9 Å². The lowest BCUT2D eigenvalue weighted by molar-refractivity contribution is 0.270. The molecule has 0 amide bonds. The van der Waals surface area contributed by atoms with Crippen molar-refractivity contribution in [1.82, 2.24) is 4.90 Å². The predicted molar refractivity (Wildman–Crippen MR) is 104 cm³/mol. The summed E-state index contributed by atoms with van der Waals surface area (Å²) in [7, 11) is 4.30. The van der Waals surface area contributed by atoms with E-state index in [2.05, 4.69) is 106 Å². The Bertz CT molecular complexity index is 731. The second kappa shape index (κ2) is 6.35. The molecule has 0 saturated carbocycles. The van der Waals surface area contributed by atoms with Crippen LogP contribution in [0.3, 0.4) is 0 Å². The van der Waals surface area contributed by atoms with Crippen LogP contribution in [0.4, 0.5) is 5.69 Å². The fourth-order valence-corrected chi connectivity index (χ4v) is 3.46. The highest BCUT2D eigenvalue weighted by Crippen LogP contribution is 2.40. The molecule has 0 aliphatic carbocycles. The minimum Gasteiger partial charge on any atom is -0.379 e. The fraction of sp³-hybridized carbons (Fsp3) is 0.364. The largest absolute Gasteiger partial charge is 0.379 e. The van der Waals surface area contributed by atoms with Gasteiger partial charge in [0.05, 0.1) is 0 Å². The average Bonchev–Trinajstić information content (AvgIpc) is 2.61. The lowest BCUT2D eigenvalue weighted by Crippen LogP contribution is -2.34. The second-order valence-corrected chi connectivity index (χ2v) is 7.57. The minimum absolute atomic E-state index is 0.110. The van der Waals surface area contributed by atoms with Crippen molar-refractivity contribution in [3.63, 3.8) is 0 Å². The molecule has 1 atom stereocenters. The molecule has 126 valence electrons. The van der Waals surface area contributed by atoms with Gasteiger partial charge in [-0.3, -0.25) is 0 Å². The van der Waals surface area contributed by atoms with Gasteiger partial charge in [-0.2, -0.15) is 0 Å². The molecule has 2 aromatic rings. The Morgan fingerprint density at radius 2 is 1.62 bits per heavy atom. The molecule has 3 rings (SSSR count). The third-order valence-electron chi connectivity index (χ3n) is 5.52. The van der Waals surface area contributed by atoms with Gasteiger partial charge in [0, 0.05) is 38.7 Å². The molecule has 1 heterocycles. The molecule has 1 aliphatic heterocycles. The smallest absolute Gasteiger partial charge is 0.0448 e. The highest BCUT2D eigenvalue weighted by atomic mass is 15.1. The van der Waals surface area contributed by atoms with Crippen molar-refractivity contribution < 1.29 is 0 Å². The third-order valence-corrected chi connectivity index (χ3v) is 5.52. The first-order valence-electron chi connectivity index (χ1n) is 8.71. The van der Waals surface area contributed by atoms with Crippen molar-refractivity contribution in [3.8, 4) is 11.1 Å². The fourth-order valence-electron chi connectivity index (χ4n) is 3.46. The summed E-state index contributed by atoms with van der Waals surface area (Å²) in [4.78, 5) is 4.53. The summed E-state index contributed by atoms with van der Waals surface area (Å²) < 4.78 is 0. The maximum atomic E-state index is 2.37. The highest BCUT2D eigenvalue weighted by molar-refractivity contribution is 5.72. The van der Waals surface area contributed by atoms with Crippen LogP contribution in [0, 0.1) is 5.92 Å². The zero-order valence-corrected chi connectivity index (χ0v) is 15.5. The SMILES string of the molecule is C[C@H]1CN(C)/C=C\N(C)c2cc(-c3ccccc3)ccc2C1(C)C. The number of fused-ring (bicyclic) bond motifs is 1.